The Morgan fingerprint density at radius 1 is 1.10 bits per heavy atom. The van der Waals surface area contributed by atoms with E-state index in [1.54, 1.807) is 16.8 Å². The highest BCUT2D eigenvalue weighted by molar-refractivity contribution is 5.95. The summed E-state index contributed by atoms with van der Waals surface area (Å²) in [4.78, 5) is 13.0. The van der Waals surface area contributed by atoms with Crippen LogP contribution >= 0.6 is 0 Å². The molecule has 1 aliphatic rings. The molecule has 3 aromatic rings. The smallest absolute Gasteiger partial charge is 0.269 e. The Hall–Kier alpha value is -3.72. The third-order valence-corrected chi connectivity index (χ3v) is 5.12. The average molecular weight is 401 g/mol. The van der Waals surface area contributed by atoms with Gasteiger partial charge in [0.25, 0.3) is 5.91 Å². The van der Waals surface area contributed by atoms with Gasteiger partial charge in [-0.05, 0) is 46.9 Å². The zero-order chi connectivity index (χ0) is 21.3. The molecule has 0 bridgehead atoms. The van der Waals surface area contributed by atoms with Gasteiger partial charge in [-0.15, -0.1) is 0 Å². The summed E-state index contributed by atoms with van der Waals surface area (Å²) in [6.07, 6.45) is 1.75. The fraction of sp³-hybridized carbons (Fsp3) is 0.250. The van der Waals surface area contributed by atoms with Gasteiger partial charge in [-0.1, -0.05) is 39.0 Å². The number of amides is 1. The number of carbonyl (C=O) groups excluding carboxylic acids is 1. The van der Waals surface area contributed by atoms with Crippen molar-refractivity contribution in [2.75, 3.05) is 6.79 Å². The number of rotatable bonds is 4. The maximum Gasteiger partial charge on any atom is 0.269 e. The first-order valence-corrected chi connectivity index (χ1v) is 9.76. The van der Waals surface area contributed by atoms with Crippen LogP contribution in [0.2, 0.25) is 0 Å². The topological polar surface area (TPSA) is 76.3 Å². The van der Waals surface area contributed by atoms with E-state index in [0.717, 1.165) is 11.3 Å². The Morgan fingerprint density at radius 3 is 2.53 bits per heavy atom. The van der Waals surface area contributed by atoms with Gasteiger partial charge in [-0.3, -0.25) is 4.79 Å². The molecule has 0 saturated carbocycles. The van der Waals surface area contributed by atoms with Crippen LogP contribution in [0.25, 0.3) is 5.69 Å². The zero-order valence-electron chi connectivity index (χ0n) is 17.2. The third kappa shape index (κ3) is 3.74. The van der Waals surface area contributed by atoms with E-state index in [-0.39, 0.29) is 18.1 Å². The van der Waals surface area contributed by atoms with Gasteiger partial charge >= 0.3 is 0 Å². The van der Waals surface area contributed by atoms with Crippen molar-refractivity contribution in [1.82, 2.24) is 9.88 Å². The Labute approximate surface area is 175 Å². The molecule has 0 saturated heterocycles. The molecule has 1 aromatic heterocycles. The molecule has 0 radical (unpaired) electrons. The number of ether oxygens (including phenoxy) is 2. The minimum atomic E-state index is -0.311. The number of fused-ring (bicyclic) bond motifs is 1. The summed E-state index contributed by atoms with van der Waals surface area (Å²) in [6.45, 7) is 6.98. The van der Waals surface area contributed by atoms with E-state index in [1.165, 1.54) is 5.56 Å². The largest absolute Gasteiger partial charge is 0.454 e. The molecule has 30 heavy (non-hydrogen) atoms. The molecule has 1 amide bonds. The maximum atomic E-state index is 13.0. The van der Waals surface area contributed by atoms with Crippen LogP contribution in [0.1, 0.15) is 48.0 Å². The van der Waals surface area contributed by atoms with Crippen molar-refractivity contribution in [3.05, 3.63) is 77.1 Å². The lowest BCUT2D eigenvalue weighted by atomic mass is 9.87. The zero-order valence-corrected chi connectivity index (χ0v) is 17.2. The lowest BCUT2D eigenvalue weighted by molar-refractivity contribution is 0.0943. The Bertz CT molecular complexity index is 1130. The molecule has 0 aliphatic carbocycles. The highest BCUT2D eigenvalue weighted by Crippen LogP contribution is 2.32. The molecule has 6 heteroatoms. The van der Waals surface area contributed by atoms with E-state index in [1.807, 2.05) is 30.3 Å². The summed E-state index contributed by atoms with van der Waals surface area (Å²) in [5.74, 6) is 1.06. The van der Waals surface area contributed by atoms with Crippen molar-refractivity contribution in [2.45, 2.75) is 32.7 Å². The van der Waals surface area contributed by atoms with Gasteiger partial charge in [0.15, 0.2) is 11.5 Å². The lowest BCUT2D eigenvalue weighted by Gasteiger charge is -2.19. The molecule has 0 spiro atoms. The van der Waals surface area contributed by atoms with Crippen molar-refractivity contribution in [3.63, 3.8) is 0 Å². The summed E-state index contributed by atoms with van der Waals surface area (Å²) < 4.78 is 12.4. The summed E-state index contributed by atoms with van der Waals surface area (Å²) in [6, 6.07) is 17.4. The molecule has 1 N–H and O–H groups in total. The van der Waals surface area contributed by atoms with Gasteiger partial charge in [0.2, 0.25) is 6.79 Å². The first-order valence-electron chi connectivity index (χ1n) is 9.76. The molecule has 2 aromatic carbocycles. The van der Waals surface area contributed by atoms with Gasteiger partial charge in [0, 0.05) is 18.4 Å². The van der Waals surface area contributed by atoms with E-state index in [2.05, 4.69) is 44.3 Å². The second-order valence-electron chi connectivity index (χ2n) is 8.23. The van der Waals surface area contributed by atoms with E-state index in [9.17, 15) is 10.1 Å². The third-order valence-electron chi connectivity index (χ3n) is 5.12. The molecule has 0 fully saturated rings. The average Bonchev–Trinajstić information content (AvgIpc) is 3.37. The second kappa shape index (κ2) is 7.60. The van der Waals surface area contributed by atoms with Crippen molar-refractivity contribution in [1.29, 1.82) is 5.26 Å². The molecular weight excluding hydrogens is 378 g/mol. The second-order valence-corrected chi connectivity index (χ2v) is 8.23. The van der Waals surface area contributed by atoms with Crippen LogP contribution in [-0.4, -0.2) is 17.3 Å². The van der Waals surface area contributed by atoms with Crippen LogP contribution in [0.3, 0.4) is 0 Å². The normalized spacial score (nSPS) is 12.5. The fourth-order valence-corrected chi connectivity index (χ4v) is 3.41. The van der Waals surface area contributed by atoms with Crippen LogP contribution in [0, 0.1) is 11.3 Å². The Kier molecular flexibility index (Phi) is 4.96. The number of carbonyl (C=O) groups is 1. The number of hydrogen-bond donors (Lipinski definition) is 1. The highest BCUT2D eigenvalue weighted by atomic mass is 16.7. The van der Waals surface area contributed by atoms with E-state index in [4.69, 9.17) is 9.47 Å². The molecule has 152 valence electrons. The van der Waals surface area contributed by atoms with Crippen molar-refractivity contribution in [3.8, 4) is 23.3 Å². The highest BCUT2D eigenvalue weighted by Gasteiger charge is 2.20. The first-order chi connectivity index (χ1) is 14.4. The molecule has 0 unspecified atom stereocenters. The van der Waals surface area contributed by atoms with Gasteiger partial charge in [0.1, 0.15) is 11.8 Å². The summed E-state index contributed by atoms with van der Waals surface area (Å²) >= 11 is 0. The quantitative estimate of drug-likeness (QED) is 0.707. The van der Waals surface area contributed by atoms with Gasteiger partial charge in [0.05, 0.1) is 5.56 Å². The van der Waals surface area contributed by atoms with Crippen LogP contribution in [-0.2, 0) is 12.0 Å². The SMILES string of the molecule is CC(C)(C)c1ccc(-n2ccc(C#N)c2C(=O)NCc2ccc3c(c2)OCO3)cc1. The number of hydrogen-bond acceptors (Lipinski definition) is 4. The van der Waals surface area contributed by atoms with Crippen molar-refractivity contribution >= 4 is 5.91 Å². The molecule has 1 aliphatic heterocycles. The predicted octanol–water partition coefficient (Wildman–Crippen LogP) is 4.31. The van der Waals surface area contributed by atoms with E-state index in [0.29, 0.717) is 29.3 Å². The standard InChI is InChI=1S/C24H23N3O3/c1-24(2,3)18-5-7-19(8-6-18)27-11-10-17(13-25)22(27)23(28)26-14-16-4-9-20-21(12-16)30-15-29-20/h4-12H,14-15H2,1-3H3,(H,26,28). The van der Waals surface area contributed by atoms with Crippen LogP contribution in [0.15, 0.2) is 54.7 Å². The molecule has 0 atom stereocenters. The van der Waals surface area contributed by atoms with Crippen LogP contribution < -0.4 is 14.8 Å². The minimum Gasteiger partial charge on any atom is -0.454 e. The van der Waals surface area contributed by atoms with Crippen LogP contribution in [0.5, 0.6) is 11.5 Å². The summed E-state index contributed by atoms with van der Waals surface area (Å²) in [7, 11) is 0. The van der Waals surface area contributed by atoms with Gasteiger partial charge < -0.3 is 19.4 Å². The minimum absolute atomic E-state index is 0.0395. The Balaban J connectivity index is 1.57. The molecule has 6 nitrogen and oxygen atoms in total. The van der Waals surface area contributed by atoms with E-state index >= 15 is 0 Å². The maximum absolute atomic E-state index is 13.0. The number of aromatic nitrogens is 1. The fourth-order valence-electron chi connectivity index (χ4n) is 3.41. The monoisotopic (exact) mass is 401 g/mol. The summed E-state index contributed by atoms with van der Waals surface area (Å²) in [5.41, 5.74) is 3.61. The van der Waals surface area contributed by atoms with Crippen molar-refractivity contribution < 1.29 is 14.3 Å². The molecular formula is C24H23N3O3. The Morgan fingerprint density at radius 2 is 1.83 bits per heavy atom. The van der Waals surface area contributed by atoms with Crippen LogP contribution in [0.4, 0.5) is 0 Å². The predicted molar refractivity (Wildman–Crippen MR) is 113 cm³/mol. The summed E-state index contributed by atoms with van der Waals surface area (Å²) in [5, 5.41) is 12.4. The number of nitrogens with zero attached hydrogens (tertiary/aromatic N) is 2. The van der Waals surface area contributed by atoms with Gasteiger partial charge in [-0.2, -0.15) is 5.26 Å². The van der Waals surface area contributed by atoms with Gasteiger partial charge in [-0.25, -0.2) is 0 Å². The number of nitrogens with one attached hydrogen (secondary N) is 1. The number of nitriles is 1. The lowest BCUT2D eigenvalue weighted by Crippen LogP contribution is -2.26. The first kappa shape index (κ1) is 19.6. The van der Waals surface area contributed by atoms with Crippen molar-refractivity contribution in [2.24, 2.45) is 0 Å². The number of benzene rings is 2. The molecule has 2 heterocycles. The molecule has 4 rings (SSSR count). The van der Waals surface area contributed by atoms with E-state index < -0.39 is 0 Å².